The second-order valence-electron chi connectivity index (χ2n) is 9.65. The van der Waals surface area contributed by atoms with Crippen molar-refractivity contribution in [2.45, 2.75) is 52.4 Å². The van der Waals surface area contributed by atoms with Crippen molar-refractivity contribution in [1.29, 1.82) is 0 Å². The van der Waals surface area contributed by atoms with E-state index in [1.807, 2.05) is 65.0 Å². The van der Waals surface area contributed by atoms with Crippen LogP contribution in [0.4, 0.5) is 16.3 Å². The monoisotopic (exact) mass is 516 g/mol. The Kier molecular flexibility index (Phi) is 7.82. The predicted octanol–water partition coefficient (Wildman–Crippen LogP) is 6.96. The van der Waals surface area contributed by atoms with Crippen LogP contribution in [0.1, 0.15) is 52.8 Å². The second kappa shape index (κ2) is 10.3. The van der Waals surface area contributed by atoms with Gasteiger partial charge in [0.25, 0.3) is 0 Å². The molecule has 2 aromatic carbocycles. The molecule has 0 unspecified atom stereocenters. The standard InChI is InChI=1S/C26H30Cl2N4O3/c1-7-35-23(33)26(5,6)16-10-8-11-17(14-16)32-21(15-20(31-32)25(2,3)4)30-24(34)29-19-13-9-12-18(27)22(19)28/h8-15H,7H2,1-6H3,(H2,29,30,34). The second-order valence-corrected chi connectivity index (χ2v) is 10.4. The van der Waals surface area contributed by atoms with Gasteiger partial charge in [0.2, 0.25) is 0 Å². The number of carbonyl (C=O) groups is 2. The number of carbonyl (C=O) groups excluding carboxylic acids is 2. The minimum Gasteiger partial charge on any atom is -0.465 e. The van der Waals surface area contributed by atoms with Gasteiger partial charge in [-0.1, -0.05) is 62.2 Å². The number of urea groups is 1. The highest BCUT2D eigenvalue weighted by molar-refractivity contribution is 6.44. The van der Waals surface area contributed by atoms with Crippen LogP contribution in [0.2, 0.25) is 10.0 Å². The fourth-order valence-electron chi connectivity index (χ4n) is 3.36. The van der Waals surface area contributed by atoms with E-state index in [-0.39, 0.29) is 16.4 Å². The Bertz CT molecular complexity index is 1250. The van der Waals surface area contributed by atoms with Crippen molar-refractivity contribution in [2.75, 3.05) is 17.2 Å². The minimum atomic E-state index is -0.861. The van der Waals surface area contributed by atoms with Gasteiger partial charge < -0.3 is 10.1 Å². The average molecular weight is 517 g/mol. The molecule has 0 fully saturated rings. The largest absolute Gasteiger partial charge is 0.465 e. The predicted molar refractivity (Wildman–Crippen MR) is 141 cm³/mol. The van der Waals surface area contributed by atoms with Crippen molar-refractivity contribution in [3.05, 3.63) is 69.8 Å². The maximum Gasteiger partial charge on any atom is 0.324 e. The summed E-state index contributed by atoms with van der Waals surface area (Å²) in [6.07, 6.45) is 0. The summed E-state index contributed by atoms with van der Waals surface area (Å²) in [5, 5.41) is 10.9. The first-order chi connectivity index (χ1) is 16.3. The number of esters is 1. The van der Waals surface area contributed by atoms with Gasteiger partial charge in [-0.15, -0.1) is 0 Å². The van der Waals surface area contributed by atoms with Gasteiger partial charge in [0.15, 0.2) is 0 Å². The number of nitrogens with zero attached hydrogens (tertiary/aromatic N) is 2. The molecular formula is C26H30Cl2N4O3. The molecule has 186 valence electrons. The van der Waals surface area contributed by atoms with Crippen LogP contribution in [0.25, 0.3) is 5.69 Å². The van der Waals surface area contributed by atoms with Gasteiger partial charge in [-0.2, -0.15) is 5.10 Å². The normalized spacial score (nSPS) is 11.8. The molecular weight excluding hydrogens is 487 g/mol. The topological polar surface area (TPSA) is 85.2 Å². The Morgan fingerprint density at radius 3 is 2.34 bits per heavy atom. The van der Waals surface area contributed by atoms with E-state index in [4.69, 9.17) is 33.0 Å². The van der Waals surface area contributed by atoms with E-state index in [2.05, 4.69) is 10.6 Å². The molecule has 0 aliphatic carbocycles. The third kappa shape index (κ3) is 5.97. The highest BCUT2D eigenvalue weighted by atomic mass is 35.5. The maximum atomic E-state index is 12.8. The van der Waals surface area contributed by atoms with E-state index in [1.165, 1.54) is 0 Å². The molecule has 35 heavy (non-hydrogen) atoms. The summed E-state index contributed by atoms with van der Waals surface area (Å²) in [6.45, 7) is 11.8. The molecule has 0 radical (unpaired) electrons. The van der Waals surface area contributed by atoms with Crippen molar-refractivity contribution in [1.82, 2.24) is 9.78 Å². The number of nitrogens with one attached hydrogen (secondary N) is 2. The van der Waals surface area contributed by atoms with E-state index >= 15 is 0 Å². The van der Waals surface area contributed by atoms with Gasteiger partial charge in [-0.25, -0.2) is 9.48 Å². The fraction of sp³-hybridized carbons (Fsp3) is 0.346. The fourth-order valence-corrected chi connectivity index (χ4v) is 3.71. The number of anilines is 2. The Morgan fingerprint density at radius 2 is 1.69 bits per heavy atom. The summed E-state index contributed by atoms with van der Waals surface area (Å²) < 4.78 is 6.90. The zero-order chi connectivity index (χ0) is 26.0. The molecule has 3 aromatic rings. The van der Waals surface area contributed by atoms with Gasteiger partial charge in [0.1, 0.15) is 5.82 Å². The minimum absolute atomic E-state index is 0.252. The molecule has 0 atom stereocenters. The van der Waals surface area contributed by atoms with Gasteiger partial charge in [-0.3, -0.25) is 10.1 Å². The number of hydrogen-bond donors (Lipinski definition) is 2. The first-order valence-corrected chi connectivity index (χ1v) is 12.0. The van der Waals surface area contributed by atoms with Crippen molar-refractivity contribution < 1.29 is 14.3 Å². The van der Waals surface area contributed by atoms with Gasteiger partial charge in [0.05, 0.1) is 39.1 Å². The van der Waals surface area contributed by atoms with Crippen LogP contribution in [-0.2, 0) is 20.4 Å². The Labute approximate surface area is 215 Å². The summed E-state index contributed by atoms with van der Waals surface area (Å²) in [5.41, 5.74) is 1.49. The summed E-state index contributed by atoms with van der Waals surface area (Å²) in [7, 11) is 0. The van der Waals surface area contributed by atoms with E-state index < -0.39 is 11.4 Å². The van der Waals surface area contributed by atoms with Crippen molar-refractivity contribution >= 4 is 46.7 Å². The van der Waals surface area contributed by atoms with E-state index in [0.717, 1.165) is 11.3 Å². The average Bonchev–Trinajstić information content (AvgIpc) is 3.21. The molecule has 0 spiro atoms. The maximum absolute atomic E-state index is 12.8. The van der Waals surface area contributed by atoms with Crippen LogP contribution in [0.15, 0.2) is 48.5 Å². The third-order valence-electron chi connectivity index (χ3n) is 5.52. The van der Waals surface area contributed by atoms with Crippen LogP contribution in [-0.4, -0.2) is 28.4 Å². The third-order valence-corrected chi connectivity index (χ3v) is 6.34. The van der Waals surface area contributed by atoms with Crippen LogP contribution >= 0.6 is 23.2 Å². The van der Waals surface area contributed by atoms with Crippen molar-refractivity contribution in [3.8, 4) is 5.69 Å². The first-order valence-electron chi connectivity index (χ1n) is 11.2. The lowest BCUT2D eigenvalue weighted by Crippen LogP contribution is -2.31. The molecule has 7 nitrogen and oxygen atoms in total. The number of halogens is 2. The molecule has 9 heteroatoms. The Morgan fingerprint density at radius 1 is 1.00 bits per heavy atom. The van der Waals surface area contributed by atoms with E-state index in [9.17, 15) is 9.59 Å². The van der Waals surface area contributed by atoms with Crippen LogP contribution in [0.3, 0.4) is 0 Å². The van der Waals surface area contributed by atoms with Crippen LogP contribution in [0, 0.1) is 0 Å². The summed E-state index contributed by atoms with van der Waals surface area (Å²) in [5.74, 6) is 0.140. The van der Waals surface area contributed by atoms with E-state index in [0.29, 0.717) is 28.8 Å². The first kappa shape index (κ1) is 26.6. The van der Waals surface area contributed by atoms with Gasteiger partial charge in [-0.05, 0) is 50.6 Å². The lowest BCUT2D eigenvalue weighted by molar-refractivity contribution is -0.148. The molecule has 0 saturated heterocycles. The van der Waals surface area contributed by atoms with Crippen molar-refractivity contribution in [3.63, 3.8) is 0 Å². The van der Waals surface area contributed by atoms with Crippen LogP contribution < -0.4 is 10.6 Å². The smallest absolute Gasteiger partial charge is 0.324 e. The van der Waals surface area contributed by atoms with Gasteiger partial charge >= 0.3 is 12.0 Å². The molecule has 0 bridgehead atoms. The number of aromatic nitrogens is 2. The number of rotatable bonds is 6. The highest BCUT2D eigenvalue weighted by Gasteiger charge is 2.32. The highest BCUT2D eigenvalue weighted by Crippen LogP contribution is 2.31. The number of amides is 2. The molecule has 0 aliphatic heterocycles. The number of hydrogen-bond acceptors (Lipinski definition) is 4. The lowest BCUT2D eigenvalue weighted by Gasteiger charge is -2.23. The molecule has 2 N–H and O–H groups in total. The Hall–Kier alpha value is -3.03. The molecule has 0 saturated carbocycles. The molecule has 1 aromatic heterocycles. The molecule has 1 heterocycles. The summed E-state index contributed by atoms with van der Waals surface area (Å²) in [6, 6.07) is 13.8. The summed E-state index contributed by atoms with van der Waals surface area (Å²) in [4.78, 5) is 25.4. The van der Waals surface area contributed by atoms with Crippen LogP contribution in [0.5, 0.6) is 0 Å². The number of benzene rings is 2. The summed E-state index contributed by atoms with van der Waals surface area (Å²) >= 11 is 12.3. The van der Waals surface area contributed by atoms with Crippen molar-refractivity contribution in [2.24, 2.45) is 0 Å². The van der Waals surface area contributed by atoms with Gasteiger partial charge in [0, 0.05) is 11.5 Å². The van der Waals surface area contributed by atoms with E-state index in [1.54, 1.807) is 29.8 Å². The molecule has 0 aliphatic rings. The molecule has 3 rings (SSSR count). The quantitative estimate of drug-likeness (QED) is 0.346. The lowest BCUT2D eigenvalue weighted by atomic mass is 9.84. The zero-order valence-corrected chi connectivity index (χ0v) is 22.2. The Balaban J connectivity index is 1.99. The zero-order valence-electron chi connectivity index (χ0n) is 20.7. The molecule has 2 amide bonds. The number of ether oxygens (including phenoxy) is 1. The SMILES string of the molecule is CCOC(=O)C(C)(C)c1cccc(-n2nc(C(C)(C)C)cc2NC(=O)Nc2cccc(Cl)c2Cl)c1.